The average Bonchev–Trinajstić information content (AvgIpc) is 2.04. The summed E-state index contributed by atoms with van der Waals surface area (Å²) in [5, 5.41) is 0. The van der Waals surface area contributed by atoms with Gasteiger partial charge in [-0.05, 0) is 23.8 Å². The molecule has 0 aromatic heterocycles. The third kappa shape index (κ3) is 902. The molecule has 0 saturated carbocycles. The standard InChI is InChI=1S/3C3H9P.2CH3.CH.Al.2ClH.W/c3*1-4(2)3;;;;;;;/h3*1-3H3;2*1H3;1H;;2*1H;/q;;;2*-1;;+3;;;+1/p+1. The SMILES string of the molecule is C[PH+](C)C.C[PH+](C)C.C[PH+](C)C.[Al+2][Cl].[CH3-].[CH3-].[CH]#[W][Cl]. The fourth-order valence-corrected chi connectivity index (χ4v) is 0. The summed E-state index contributed by atoms with van der Waals surface area (Å²) >= 11 is 1.11. The molecular formula is C12H37AlCl2P3W+3. The number of halogens is 2. The molecule has 0 aromatic rings. The van der Waals surface area contributed by atoms with Crippen molar-refractivity contribution in [3.05, 3.63) is 14.9 Å². The van der Waals surface area contributed by atoms with Crippen molar-refractivity contribution in [3.63, 3.8) is 0 Å². The fourth-order valence-electron chi connectivity index (χ4n) is 0. The topological polar surface area (TPSA) is 0 Å². The monoisotopic (exact) mass is 555 g/mol. The second-order valence-corrected chi connectivity index (χ2v) is 15.7. The van der Waals surface area contributed by atoms with Crippen molar-refractivity contribution in [2.75, 3.05) is 60.0 Å². The van der Waals surface area contributed by atoms with Gasteiger partial charge in [0.2, 0.25) is 0 Å². The summed E-state index contributed by atoms with van der Waals surface area (Å²) in [5.41, 5.74) is 0. The van der Waals surface area contributed by atoms with Crippen molar-refractivity contribution in [1.29, 1.82) is 0 Å². The van der Waals surface area contributed by atoms with Gasteiger partial charge in [0.1, 0.15) is 0 Å². The third-order valence-corrected chi connectivity index (χ3v) is 0. The molecule has 0 aliphatic heterocycles. The summed E-state index contributed by atoms with van der Waals surface area (Å²) in [6.07, 6.45) is 0. The van der Waals surface area contributed by atoms with Crippen LogP contribution in [0.1, 0.15) is 0 Å². The minimum absolute atomic E-state index is 0. The number of rotatable bonds is 0. The van der Waals surface area contributed by atoms with Gasteiger partial charge in [-0.1, -0.05) is 0 Å². The molecular weight excluding hydrogens is 519 g/mol. The normalized spacial score (nSPS) is 6.68. The van der Waals surface area contributed by atoms with Crippen LogP contribution in [0.15, 0.2) is 0 Å². The van der Waals surface area contributed by atoms with Gasteiger partial charge in [-0.15, -0.1) is 0 Å². The summed E-state index contributed by atoms with van der Waals surface area (Å²) in [6, 6.07) is 0. The molecule has 0 heterocycles. The van der Waals surface area contributed by atoms with E-state index < -0.39 is 16.9 Å². The molecule has 0 aliphatic carbocycles. The van der Waals surface area contributed by atoms with E-state index >= 15 is 0 Å². The van der Waals surface area contributed by atoms with Crippen LogP contribution in [0, 0.1) is 19.6 Å². The third-order valence-electron chi connectivity index (χ3n) is 0. The number of hydrogen-bond acceptors (Lipinski definition) is 0. The van der Waals surface area contributed by atoms with Gasteiger partial charge < -0.3 is 14.9 Å². The molecule has 0 amide bonds. The Hall–Kier alpha value is 2.87. The second-order valence-electron chi connectivity index (χ2n) is 4.59. The molecule has 0 fully saturated rings. The summed E-state index contributed by atoms with van der Waals surface area (Å²) < 4.78 is 4.78. The van der Waals surface area contributed by atoms with Crippen LogP contribution >= 0.6 is 43.2 Å². The Bertz CT molecular complexity index is 110. The second kappa shape index (κ2) is 49.7. The molecule has 7 heteroatoms. The zero-order valence-corrected chi connectivity index (χ0v) is 23.4. The first-order valence-electron chi connectivity index (χ1n) is 5.11. The summed E-state index contributed by atoms with van der Waals surface area (Å²) in [6.45, 7) is 20.4. The zero-order chi connectivity index (χ0) is 15.4. The van der Waals surface area contributed by atoms with Crippen LogP contribution < -0.4 is 0 Å². The van der Waals surface area contributed by atoms with Crippen LogP contribution in [-0.4, -0.2) is 75.4 Å². The van der Waals surface area contributed by atoms with E-state index in [1.807, 2.05) is 15.4 Å². The van der Waals surface area contributed by atoms with E-state index in [0.29, 0.717) is 0 Å². The van der Waals surface area contributed by atoms with Crippen LogP contribution in [0.3, 0.4) is 0 Å². The maximum absolute atomic E-state index is 4.94. The predicted molar refractivity (Wildman–Crippen MR) is 113 cm³/mol. The van der Waals surface area contributed by atoms with E-state index in [2.05, 4.69) is 70.0 Å². The molecule has 0 rings (SSSR count). The van der Waals surface area contributed by atoms with Crippen LogP contribution in [0.2, 0.25) is 0 Å². The Labute approximate surface area is 154 Å². The van der Waals surface area contributed by atoms with Crippen LogP contribution in [-0.2, 0) is 16.9 Å². The fraction of sp³-hybridized carbons (Fsp3) is 0.750. The molecule has 0 nitrogen and oxygen atoms in total. The van der Waals surface area contributed by atoms with Gasteiger partial charge in [-0.3, -0.25) is 0 Å². The first-order valence-corrected chi connectivity index (χ1v) is 21.2. The van der Waals surface area contributed by atoms with Gasteiger partial charge in [0.25, 0.3) is 0 Å². The van der Waals surface area contributed by atoms with Crippen molar-refractivity contribution < 1.29 is 16.9 Å². The molecule has 19 heavy (non-hydrogen) atoms. The zero-order valence-electron chi connectivity index (χ0n) is 14.8. The van der Waals surface area contributed by atoms with Gasteiger partial charge in [0.05, 0.1) is 0 Å². The number of hydrogen-bond donors (Lipinski definition) is 0. The predicted octanol–water partition coefficient (Wildman–Crippen LogP) is 5.29. The maximum atomic E-state index is 4.94. The molecule has 0 radical (unpaired) electrons. The van der Waals surface area contributed by atoms with Crippen molar-refractivity contribution in [3.8, 4) is 4.71 Å². The first kappa shape index (κ1) is 43.1. The summed E-state index contributed by atoms with van der Waals surface area (Å²) in [7, 11) is 9.86. The first-order chi connectivity index (χ1) is 7.61. The summed E-state index contributed by atoms with van der Waals surface area (Å²) in [5.74, 6) is 0. The Morgan fingerprint density at radius 1 is 0.684 bits per heavy atom. The van der Waals surface area contributed by atoms with Crippen molar-refractivity contribution in [2.45, 2.75) is 0 Å². The van der Waals surface area contributed by atoms with Gasteiger partial charge >= 0.3 is 56.4 Å². The molecule has 0 aliphatic rings. The van der Waals surface area contributed by atoms with Crippen molar-refractivity contribution >= 4 is 58.6 Å². The molecule has 0 spiro atoms. The summed E-state index contributed by atoms with van der Waals surface area (Å²) in [4.78, 5) is 0. The quantitative estimate of drug-likeness (QED) is 0.216. The Morgan fingerprint density at radius 2 is 0.684 bits per heavy atom. The van der Waals surface area contributed by atoms with Crippen molar-refractivity contribution in [1.82, 2.24) is 0 Å². The van der Waals surface area contributed by atoms with E-state index in [4.69, 9.17) is 14.1 Å². The van der Waals surface area contributed by atoms with Crippen LogP contribution in [0.4, 0.5) is 0 Å². The molecule has 0 saturated heterocycles. The van der Waals surface area contributed by atoms with E-state index in [1.165, 1.54) is 0 Å². The Balaban J connectivity index is -0.0000000188. The van der Waals surface area contributed by atoms with E-state index in [1.54, 1.807) is 0 Å². The average molecular weight is 556 g/mol. The van der Waals surface area contributed by atoms with Crippen LogP contribution in [0.25, 0.3) is 0 Å². The molecule has 0 aromatic carbocycles. The van der Waals surface area contributed by atoms with E-state index in [9.17, 15) is 0 Å². The molecule has 0 N–H and O–H groups in total. The van der Waals surface area contributed by atoms with Gasteiger partial charge in [-0.2, -0.15) is 0 Å². The molecule has 120 valence electrons. The minimum atomic E-state index is -0.778. The van der Waals surface area contributed by atoms with Gasteiger partial charge in [-0.25, -0.2) is 0 Å². The Morgan fingerprint density at radius 3 is 0.684 bits per heavy atom. The molecule has 0 atom stereocenters. The molecule has 0 bridgehead atoms. The van der Waals surface area contributed by atoms with E-state index in [-0.39, 0.29) is 38.6 Å². The Kier molecular flexibility index (Phi) is 113. The molecule has 0 unspecified atom stereocenters. The van der Waals surface area contributed by atoms with Crippen LogP contribution in [0.5, 0.6) is 0 Å². The van der Waals surface area contributed by atoms with Gasteiger partial charge in [0, 0.05) is 60.0 Å². The van der Waals surface area contributed by atoms with E-state index in [0.717, 1.165) is 0 Å². The van der Waals surface area contributed by atoms with Gasteiger partial charge in [0.15, 0.2) is 0 Å². The van der Waals surface area contributed by atoms with Crippen molar-refractivity contribution in [2.24, 2.45) is 0 Å².